The Bertz CT molecular complexity index is 277. The monoisotopic (exact) mass is 279 g/mol. The van der Waals surface area contributed by atoms with Gasteiger partial charge in [-0.1, -0.05) is 38.2 Å². The predicted molar refractivity (Wildman–Crippen MR) is 85.9 cm³/mol. The molecule has 2 heteroatoms. The number of hydrogen-bond acceptors (Lipinski definition) is 2. The molecule has 1 aliphatic heterocycles. The van der Waals surface area contributed by atoms with Crippen molar-refractivity contribution in [3.05, 3.63) is 12.7 Å². The molecule has 2 nitrogen and oxygen atoms in total. The molecule has 0 aromatic heterocycles. The van der Waals surface area contributed by atoms with E-state index in [2.05, 4.69) is 11.5 Å². The molecule has 1 atom stereocenters. The summed E-state index contributed by atoms with van der Waals surface area (Å²) in [5.74, 6) is 0. The van der Waals surface area contributed by atoms with Crippen LogP contribution in [0.5, 0.6) is 0 Å². The van der Waals surface area contributed by atoms with Crippen molar-refractivity contribution in [2.24, 2.45) is 0 Å². The molecule has 2 fully saturated rings. The SMILES string of the molecule is C=CCCCCCC(O)C1(N2CCCCC2)CCCC1. The van der Waals surface area contributed by atoms with E-state index in [1.54, 1.807) is 0 Å². The fourth-order valence-corrected chi connectivity index (χ4v) is 4.26. The lowest BCUT2D eigenvalue weighted by molar-refractivity contribution is -0.0430. The summed E-state index contributed by atoms with van der Waals surface area (Å²) < 4.78 is 0. The second kappa shape index (κ2) is 8.19. The minimum atomic E-state index is -0.105. The van der Waals surface area contributed by atoms with Gasteiger partial charge < -0.3 is 5.11 Å². The molecule has 1 unspecified atom stereocenters. The minimum absolute atomic E-state index is 0.105. The Kier molecular flexibility index (Phi) is 6.57. The zero-order valence-electron chi connectivity index (χ0n) is 13.2. The maximum absolute atomic E-state index is 10.8. The molecule has 0 aromatic rings. The van der Waals surface area contributed by atoms with Crippen LogP contribution in [0.2, 0.25) is 0 Å². The number of likely N-dealkylation sites (tertiary alicyclic amines) is 1. The summed E-state index contributed by atoms with van der Waals surface area (Å²) in [7, 11) is 0. The Balaban J connectivity index is 1.84. The van der Waals surface area contributed by atoms with Gasteiger partial charge in [-0.2, -0.15) is 0 Å². The van der Waals surface area contributed by atoms with E-state index in [4.69, 9.17) is 0 Å². The topological polar surface area (TPSA) is 23.5 Å². The van der Waals surface area contributed by atoms with Gasteiger partial charge in [0, 0.05) is 5.54 Å². The largest absolute Gasteiger partial charge is 0.391 e. The van der Waals surface area contributed by atoms with E-state index in [1.807, 2.05) is 6.08 Å². The highest BCUT2D eigenvalue weighted by molar-refractivity contribution is 5.01. The van der Waals surface area contributed by atoms with Crippen LogP contribution in [-0.4, -0.2) is 34.7 Å². The molecule has 1 heterocycles. The maximum Gasteiger partial charge on any atom is 0.0723 e. The quantitative estimate of drug-likeness (QED) is 0.529. The van der Waals surface area contributed by atoms with Gasteiger partial charge in [-0.3, -0.25) is 4.90 Å². The molecule has 0 spiro atoms. The third-order valence-corrected chi connectivity index (χ3v) is 5.46. The fraction of sp³-hybridized carbons (Fsp3) is 0.889. The van der Waals surface area contributed by atoms with E-state index in [1.165, 1.54) is 77.3 Å². The Morgan fingerprint density at radius 3 is 2.35 bits per heavy atom. The number of aliphatic hydroxyl groups is 1. The van der Waals surface area contributed by atoms with Crippen LogP contribution in [0.25, 0.3) is 0 Å². The Morgan fingerprint density at radius 1 is 1.00 bits per heavy atom. The third kappa shape index (κ3) is 3.85. The summed E-state index contributed by atoms with van der Waals surface area (Å²) >= 11 is 0. The summed E-state index contributed by atoms with van der Waals surface area (Å²) in [5, 5.41) is 10.8. The van der Waals surface area contributed by atoms with Gasteiger partial charge in [0.05, 0.1) is 6.10 Å². The van der Waals surface area contributed by atoms with Crippen molar-refractivity contribution in [2.45, 2.75) is 88.7 Å². The van der Waals surface area contributed by atoms with Crippen LogP contribution in [0.1, 0.15) is 77.0 Å². The Hall–Kier alpha value is -0.340. The van der Waals surface area contributed by atoms with Crippen molar-refractivity contribution in [3.8, 4) is 0 Å². The average molecular weight is 279 g/mol. The summed E-state index contributed by atoms with van der Waals surface area (Å²) in [4.78, 5) is 2.65. The van der Waals surface area contributed by atoms with Crippen LogP contribution in [0.15, 0.2) is 12.7 Å². The van der Waals surface area contributed by atoms with Gasteiger partial charge in [0.2, 0.25) is 0 Å². The molecule has 0 bridgehead atoms. The second-order valence-electron chi connectivity index (χ2n) is 6.80. The molecule has 1 saturated heterocycles. The van der Waals surface area contributed by atoms with E-state index >= 15 is 0 Å². The molecule has 20 heavy (non-hydrogen) atoms. The number of nitrogens with zero attached hydrogens (tertiary/aromatic N) is 1. The molecular weight excluding hydrogens is 246 g/mol. The highest BCUT2D eigenvalue weighted by Gasteiger charge is 2.44. The first kappa shape index (κ1) is 16.0. The molecule has 1 aliphatic carbocycles. The molecule has 2 rings (SSSR count). The van der Waals surface area contributed by atoms with E-state index in [9.17, 15) is 5.11 Å². The van der Waals surface area contributed by atoms with E-state index < -0.39 is 0 Å². The Morgan fingerprint density at radius 2 is 1.70 bits per heavy atom. The van der Waals surface area contributed by atoms with Crippen molar-refractivity contribution in [1.29, 1.82) is 0 Å². The first-order chi connectivity index (χ1) is 9.79. The minimum Gasteiger partial charge on any atom is -0.391 e. The number of unbranched alkanes of at least 4 members (excludes halogenated alkanes) is 3. The first-order valence-electron chi connectivity index (χ1n) is 8.83. The lowest BCUT2D eigenvalue weighted by Crippen LogP contribution is -2.56. The molecule has 2 aliphatic rings. The summed E-state index contributed by atoms with van der Waals surface area (Å²) in [5.41, 5.74) is 0.138. The normalized spacial score (nSPS) is 24.6. The van der Waals surface area contributed by atoms with Crippen LogP contribution in [0, 0.1) is 0 Å². The zero-order chi connectivity index (χ0) is 14.3. The van der Waals surface area contributed by atoms with Crippen molar-refractivity contribution in [3.63, 3.8) is 0 Å². The highest BCUT2D eigenvalue weighted by Crippen LogP contribution is 2.41. The van der Waals surface area contributed by atoms with Crippen molar-refractivity contribution in [2.75, 3.05) is 13.1 Å². The average Bonchev–Trinajstić information content (AvgIpc) is 2.99. The van der Waals surface area contributed by atoms with Crippen molar-refractivity contribution in [1.82, 2.24) is 4.90 Å². The van der Waals surface area contributed by atoms with Crippen LogP contribution in [0.4, 0.5) is 0 Å². The smallest absolute Gasteiger partial charge is 0.0723 e. The number of hydrogen-bond donors (Lipinski definition) is 1. The van der Waals surface area contributed by atoms with Gasteiger partial charge in [-0.25, -0.2) is 0 Å². The van der Waals surface area contributed by atoms with E-state index in [0.29, 0.717) is 0 Å². The number of piperidine rings is 1. The first-order valence-corrected chi connectivity index (χ1v) is 8.83. The van der Waals surface area contributed by atoms with Gasteiger partial charge in [0.15, 0.2) is 0 Å². The molecule has 1 N–H and O–H groups in total. The number of aliphatic hydroxyl groups excluding tert-OH is 1. The summed E-state index contributed by atoms with van der Waals surface area (Å²) in [6, 6.07) is 0. The van der Waals surface area contributed by atoms with Crippen LogP contribution >= 0.6 is 0 Å². The van der Waals surface area contributed by atoms with Gasteiger partial charge in [0.25, 0.3) is 0 Å². The van der Waals surface area contributed by atoms with Crippen molar-refractivity contribution >= 4 is 0 Å². The maximum atomic E-state index is 10.8. The van der Waals surface area contributed by atoms with Crippen molar-refractivity contribution < 1.29 is 5.11 Å². The Labute approximate surface area is 125 Å². The standard InChI is InChI=1S/C18H33NO/c1-2-3-4-5-7-12-17(20)18(13-8-9-14-18)19-15-10-6-11-16-19/h2,17,20H,1,3-16H2. The van der Waals surface area contributed by atoms with E-state index in [0.717, 1.165) is 12.8 Å². The lowest BCUT2D eigenvalue weighted by atomic mass is 9.84. The van der Waals surface area contributed by atoms with Crippen LogP contribution < -0.4 is 0 Å². The summed E-state index contributed by atoms with van der Waals surface area (Å²) in [6.07, 6.45) is 16.7. The van der Waals surface area contributed by atoms with Gasteiger partial charge in [-0.05, 0) is 58.0 Å². The van der Waals surface area contributed by atoms with E-state index in [-0.39, 0.29) is 11.6 Å². The fourth-order valence-electron chi connectivity index (χ4n) is 4.26. The third-order valence-electron chi connectivity index (χ3n) is 5.46. The van der Waals surface area contributed by atoms with Crippen LogP contribution in [0.3, 0.4) is 0 Å². The molecule has 1 saturated carbocycles. The molecule has 116 valence electrons. The zero-order valence-corrected chi connectivity index (χ0v) is 13.2. The molecular formula is C18H33NO. The second-order valence-corrected chi connectivity index (χ2v) is 6.80. The molecule has 0 radical (unpaired) electrons. The van der Waals surface area contributed by atoms with Gasteiger partial charge in [0.1, 0.15) is 0 Å². The molecule has 0 aromatic carbocycles. The van der Waals surface area contributed by atoms with Gasteiger partial charge >= 0.3 is 0 Å². The predicted octanol–water partition coefficient (Wildman–Crippen LogP) is 4.28. The van der Waals surface area contributed by atoms with Gasteiger partial charge in [-0.15, -0.1) is 6.58 Å². The number of allylic oxidation sites excluding steroid dienone is 1. The summed E-state index contributed by atoms with van der Waals surface area (Å²) in [6.45, 7) is 6.20. The van der Waals surface area contributed by atoms with Crippen LogP contribution in [-0.2, 0) is 0 Å². The highest BCUT2D eigenvalue weighted by atomic mass is 16.3. The number of rotatable bonds is 8. The molecule has 0 amide bonds. The lowest BCUT2D eigenvalue weighted by Gasteiger charge is -2.46.